The maximum Gasteiger partial charge on any atom is 0.0543 e. The molecule has 0 amide bonds. The van der Waals surface area contributed by atoms with Crippen molar-refractivity contribution >= 4 is 0 Å². The standard InChI is InChI=1S/C13H25NO2/c1-10(12-5-6-16-9-12)14-8-11-3-2-4-13(15)7-11/h10-15H,2-9H2,1H3. The molecule has 1 aliphatic heterocycles. The lowest BCUT2D eigenvalue weighted by Crippen LogP contribution is -2.38. The molecule has 3 heteroatoms. The second kappa shape index (κ2) is 5.99. The second-order valence-corrected chi connectivity index (χ2v) is 5.51. The van der Waals surface area contributed by atoms with Crippen LogP contribution in [0.25, 0.3) is 0 Å². The molecule has 0 radical (unpaired) electrons. The van der Waals surface area contributed by atoms with E-state index < -0.39 is 0 Å². The molecule has 94 valence electrons. The maximum absolute atomic E-state index is 9.61. The molecule has 1 saturated heterocycles. The molecule has 4 unspecified atom stereocenters. The number of nitrogens with one attached hydrogen (secondary N) is 1. The summed E-state index contributed by atoms with van der Waals surface area (Å²) in [5.74, 6) is 1.36. The van der Waals surface area contributed by atoms with Gasteiger partial charge in [-0.25, -0.2) is 0 Å². The molecule has 0 spiro atoms. The highest BCUT2D eigenvalue weighted by Gasteiger charge is 2.24. The normalized spacial score (nSPS) is 37.5. The van der Waals surface area contributed by atoms with Crippen molar-refractivity contribution in [3.8, 4) is 0 Å². The van der Waals surface area contributed by atoms with E-state index in [-0.39, 0.29) is 6.10 Å². The topological polar surface area (TPSA) is 41.5 Å². The summed E-state index contributed by atoms with van der Waals surface area (Å²) >= 11 is 0. The fraction of sp³-hybridized carbons (Fsp3) is 1.00. The van der Waals surface area contributed by atoms with Crippen molar-refractivity contribution in [2.75, 3.05) is 19.8 Å². The lowest BCUT2D eigenvalue weighted by molar-refractivity contribution is 0.0985. The molecule has 0 aromatic carbocycles. The molecule has 2 rings (SSSR count). The Bertz CT molecular complexity index is 202. The summed E-state index contributed by atoms with van der Waals surface area (Å²) in [6, 6.07) is 0.557. The van der Waals surface area contributed by atoms with Crippen molar-refractivity contribution in [2.45, 2.75) is 51.2 Å². The van der Waals surface area contributed by atoms with E-state index in [0.29, 0.717) is 17.9 Å². The first-order valence-corrected chi connectivity index (χ1v) is 6.75. The summed E-state index contributed by atoms with van der Waals surface area (Å²) < 4.78 is 5.41. The first-order valence-electron chi connectivity index (χ1n) is 6.75. The molecule has 0 aromatic heterocycles. The van der Waals surface area contributed by atoms with Crippen molar-refractivity contribution < 1.29 is 9.84 Å². The molecule has 2 aliphatic rings. The van der Waals surface area contributed by atoms with Crippen LogP contribution < -0.4 is 5.32 Å². The van der Waals surface area contributed by atoms with Crippen molar-refractivity contribution in [2.24, 2.45) is 11.8 Å². The summed E-state index contributed by atoms with van der Waals surface area (Å²) in [6.07, 6.45) is 5.60. The van der Waals surface area contributed by atoms with Crippen LogP contribution in [0.15, 0.2) is 0 Å². The fourth-order valence-electron chi connectivity index (χ4n) is 2.91. The van der Waals surface area contributed by atoms with Gasteiger partial charge in [-0.2, -0.15) is 0 Å². The minimum Gasteiger partial charge on any atom is -0.393 e. The van der Waals surface area contributed by atoms with E-state index in [2.05, 4.69) is 12.2 Å². The first-order chi connectivity index (χ1) is 7.75. The van der Waals surface area contributed by atoms with Gasteiger partial charge < -0.3 is 15.2 Å². The van der Waals surface area contributed by atoms with Gasteiger partial charge in [0.05, 0.1) is 12.7 Å². The number of aliphatic hydroxyl groups excluding tert-OH is 1. The molecular weight excluding hydrogens is 202 g/mol. The molecule has 1 heterocycles. The Hall–Kier alpha value is -0.120. The van der Waals surface area contributed by atoms with Crippen molar-refractivity contribution in [3.63, 3.8) is 0 Å². The van der Waals surface area contributed by atoms with Crippen LogP contribution in [0, 0.1) is 11.8 Å². The number of ether oxygens (including phenoxy) is 1. The van der Waals surface area contributed by atoms with Gasteiger partial charge in [-0.15, -0.1) is 0 Å². The average molecular weight is 227 g/mol. The minimum atomic E-state index is -0.0503. The molecule has 4 atom stereocenters. The first kappa shape index (κ1) is 12.3. The predicted molar refractivity (Wildman–Crippen MR) is 64.4 cm³/mol. The van der Waals surface area contributed by atoms with Gasteiger partial charge in [0.25, 0.3) is 0 Å². The highest BCUT2D eigenvalue weighted by Crippen LogP contribution is 2.24. The Balaban J connectivity index is 1.65. The highest BCUT2D eigenvalue weighted by atomic mass is 16.5. The SMILES string of the molecule is CC(NCC1CCCC(O)C1)C1CCOC1. The quantitative estimate of drug-likeness (QED) is 0.765. The molecule has 1 aliphatic carbocycles. The zero-order valence-corrected chi connectivity index (χ0v) is 10.3. The van der Waals surface area contributed by atoms with Gasteiger partial charge >= 0.3 is 0 Å². The van der Waals surface area contributed by atoms with Crippen LogP contribution in [-0.2, 0) is 4.74 Å². The lowest BCUT2D eigenvalue weighted by Gasteiger charge is -2.28. The van der Waals surface area contributed by atoms with Crippen LogP contribution in [0.3, 0.4) is 0 Å². The molecule has 16 heavy (non-hydrogen) atoms. The average Bonchev–Trinajstić information content (AvgIpc) is 2.79. The monoisotopic (exact) mass is 227 g/mol. The summed E-state index contributed by atoms with van der Waals surface area (Å²) in [4.78, 5) is 0. The van der Waals surface area contributed by atoms with E-state index in [9.17, 15) is 5.11 Å². The van der Waals surface area contributed by atoms with E-state index in [1.807, 2.05) is 0 Å². The summed E-state index contributed by atoms with van der Waals surface area (Å²) in [7, 11) is 0. The Kier molecular flexibility index (Phi) is 4.62. The summed E-state index contributed by atoms with van der Waals surface area (Å²) in [5, 5.41) is 13.2. The van der Waals surface area contributed by atoms with Gasteiger partial charge in [-0.05, 0) is 51.0 Å². The highest BCUT2D eigenvalue weighted by molar-refractivity contribution is 4.79. The van der Waals surface area contributed by atoms with E-state index >= 15 is 0 Å². The van der Waals surface area contributed by atoms with Crippen LogP contribution >= 0.6 is 0 Å². The maximum atomic E-state index is 9.61. The Morgan fingerprint density at radius 3 is 2.94 bits per heavy atom. The van der Waals surface area contributed by atoms with E-state index in [1.165, 1.54) is 19.3 Å². The molecule has 2 N–H and O–H groups in total. The van der Waals surface area contributed by atoms with Crippen LogP contribution in [0.2, 0.25) is 0 Å². The predicted octanol–water partition coefficient (Wildman–Crippen LogP) is 1.55. The zero-order valence-electron chi connectivity index (χ0n) is 10.3. The van der Waals surface area contributed by atoms with Gasteiger partial charge in [0, 0.05) is 12.6 Å². The molecule has 3 nitrogen and oxygen atoms in total. The molecule has 0 aromatic rings. The van der Waals surface area contributed by atoms with Crippen LogP contribution in [0.4, 0.5) is 0 Å². The second-order valence-electron chi connectivity index (χ2n) is 5.51. The molecular formula is C13H25NO2. The number of hydrogen-bond donors (Lipinski definition) is 2. The third kappa shape index (κ3) is 3.44. The van der Waals surface area contributed by atoms with Crippen LogP contribution in [-0.4, -0.2) is 37.0 Å². The Labute approximate surface area is 98.6 Å². The number of aliphatic hydroxyl groups is 1. The number of hydrogen-bond acceptors (Lipinski definition) is 3. The third-order valence-electron chi connectivity index (χ3n) is 4.16. The smallest absolute Gasteiger partial charge is 0.0543 e. The van der Waals surface area contributed by atoms with Gasteiger partial charge in [0.2, 0.25) is 0 Å². The summed E-state index contributed by atoms with van der Waals surface area (Å²) in [5.41, 5.74) is 0. The van der Waals surface area contributed by atoms with Crippen molar-refractivity contribution in [3.05, 3.63) is 0 Å². The van der Waals surface area contributed by atoms with Crippen molar-refractivity contribution in [1.82, 2.24) is 5.32 Å². The Morgan fingerprint density at radius 1 is 1.38 bits per heavy atom. The zero-order chi connectivity index (χ0) is 11.4. The Morgan fingerprint density at radius 2 is 2.25 bits per heavy atom. The van der Waals surface area contributed by atoms with E-state index in [0.717, 1.165) is 32.6 Å². The summed E-state index contributed by atoms with van der Waals surface area (Å²) in [6.45, 7) is 5.17. The largest absolute Gasteiger partial charge is 0.393 e. The van der Waals surface area contributed by atoms with Gasteiger partial charge in [0.1, 0.15) is 0 Å². The fourth-order valence-corrected chi connectivity index (χ4v) is 2.91. The van der Waals surface area contributed by atoms with Gasteiger partial charge in [0.15, 0.2) is 0 Å². The van der Waals surface area contributed by atoms with Crippen molar-refractivity contribution in [1.29, 1.82) is 0 Å². The third-order valence-corrected chi connectivity index (χ3v) is 4.16. The minimum absolute atomic E-state index is 0.0503. The van der Waals surface area contributed by atoms with E-state index in [1.54, 1.807) is 0 Å². The lowest BCUT2D eigenvalue weighted by atomic mass is 9.87. The molecule has 0 bridgehead atoms. The molecule has 2 fully saturated rings. The van der Waals surface area contributed by atoms with Crippen LogP contribution in [0.1, 0.15) is 39.0 Å². The van der Waals surface area contributed by atoms with E-state index in [4.69, 9.17) is 4.74 Å². The van der Waals surface area contributed by atoms with Crippen LogP contribution in [0.5, 0.6) is 0 Å². The number of rotatable bonds is 4. The van der Waals surface area contributed by atoms with Gasteiger partial charge in [-0.1, -0.05) is 6.42 Å². The van der Waals surface area contributed by atoms with Gasteiger partial charge in [-0.3, -0.25) is 0 Å². The molecule has 1 saturated carbocycles.